The Morgan fingerprint density at radius 2 is 1.82 bits per heavy atom. The molecule has 0 saturated carbocycles. The third-order valence-electron chi connectivity index (χ3n) is 3.70. The Hall–Kier alpha value is -1.72. The Bertz CT molecular complexity index is 462. The highest BCUT2D eigenvalue weighted by Gasteiger charge is 2.22. The van der Waals surface area contributed by atoms with Crippen molar-refractivity contribution in [3.63, 3.8) is 0 Å². The lowest BCUT2D eigenvalue weighted by Crippen LogP contribution is -2.49. The molecule has 1 aromatic rings. The monoisotopic (exact) mass is 305 g/mol. The van der Waals surface area contributed by atoms with Gasteiger partial charge in [-0.15, -0.1) is 0 Å². The van der Waals surface area contributed by atoms with Crippen LogP contribution in [0.25, 0.3) is 0 Å². The molecule has 0 saturated heterocycles. The molecule has 1 unspecified atom stereocenters. The van der Waals surface area contributed by atoms with Crippen LogP contribution in [0.5, 0.6) is 0 Å². The summed E-state index contributed by atoms with van der Waals surface area (Å²) in [6.45, 7) is 2.12. The summed E-state index contributed by atoms with van der Waals surface area (Å²) in [6.07, 6.45) is 2.93. The van der Waals surface area contributed by atoms with Crippen LogP contribution in [0.2, 0.25) is 0 Å². The minimum Gasteiger partial charge on any atom is -0.345 e. The minimum absolute atomic E-state index is 0.0139. The van der Waals surface area contributed by atoms with E-state index in [-0.39, 0.29) is 17.7 Å². The summed E-state index contributed by atoms with van der Waals surface area (Å²) in [5.41, 5.74) is 6.55. The number of rotatable bonds is 10. The number of ketones is 1. The van der Waals surface area contributed by atoms with Gasteiger partial charge in [-0.3, -0.25) is 9.59 Å². The highest BCUT2D eigenvalue weighted by atomic mass is 16.2. The molecule has 0 bridgehead atoms. The molecule has 2 atom stereocenters. The number of nitrogens with one attached hydrogen (secondary N) is 2. The largest absolute Gasteiger partial charge is 0.345 e. The van der Waals surface area contributed by atoms with Crippen LogP contribution in [0.1, 0.15) is 31.7 Å². The second kappa shape index (κ2) is 10.1. The number of benzene rings is 1. The van der Waals surface area contributed by atoms with Gasteiger partial charge in [0.05, 0.1) is 12.1 Å². The summed E-state index contributed by atoms with van der Waals surface area (Å²) in [5, 5.41) is 5.87. The average Bonchev–Trinajstić information content (AvgIpc) is 2.52. The molecule has 5 nitrogen and oxygen atoms in total. The summed E-state index contributed by atoms with van der Waals surface area (Å²) in [5.74, 6) is -0.153. The molecule has 1 rings (SSSR count). The van der Waals surface area contributed by atoms with Gasteiger partial charge < -0.3 is 16.4 Å². The van der Waals surface area contributed by atoms with Crippen LogP contribution in [-0.4, -0.2) is 37.4 Å². The number of nitrogens with two attached hydrogens (primary N) is 1. The van der Waals surface area contributed by atoms with Gasteiger partial charge in [-0.1, -0.05) is 30.3 Å². The molecule has 122 valence electrons. The van der Waals surface area contributed by atoms with E-state index in [9.17, 15) is 9.59 Å². The van der Waals surface area contributed by atoms with Crippen molar-refractivity contribution in [1.29, 1.82) is 0 Å². The van der Waals surface area contributed by atoms with Crippen LogP contribution in [0.3, 0.4) is 0 Å². The highest BCUT2D eigenvalue weighted by Crippen LogP contribution is 2.06. The highest BCUT2D eigenvalue weighted by molar-refractivity contribution is 5.89. The van der Waals surface area contributed by atoms with E-state index in [1.807, 2.05) is 30.3 Å². The molecule has 0 fully saturated rings. The molecule has 22 heavy (non-hydrogen) atoms. The van der Waals surface area contributed by atoms with Gasteiger partial charge in [-0.05, 0) is 51.8 Å². The molecule has 0 aliphatic heterocycles. The quantitative estimate of drug-likeness (QED) is 0.564. The topological polar surface area (TPSA) is 84.2 Å². The molecule has 0 aliphatic rings. The van der Waals surface area contributed by atoms with E-state index in [2.05, 4.69) is 10.6 Å². The van der Waals surface area contributed by atoms with Crippen LogP contribution < -0.4 is 16.4 Å². The van der Waals surface area contributed by atoms with Gasteiger partial charge in [-0.25, -0.2) is 0 Å². The smallest absolute Gasteiger partial charge is 0.238 e. The number of hydrogen-bond acceptors (Lipinski definition) is 4. The lowest BCUT2D eigenvalue weighted by atomic mass is 10.0. The summed E-state index contributed by atoms with van der Waals surface area (Å²) in [7, 11) is 1.75. The zero-order valence-electron chi connectivity index (χ0n) is 13.5. The van der Waals surface area contributed by atoms with Gasteiger partial charge in [0.25, 0.3) is 0 Å². The number of likely N-dealkylation sites (N-methyl/N-ethyl adjacent to an activating group) is 1. The Morgan fingerprint density at radius 3 is 2.36 bits per heavy atom. The molecule has 5 heteroatoms. The van der Waals surface area contributed by atoms with Crippen LogP contribution >= 0.6 is 0 Å². The van der Waals surface area contributed by atoms with Gasteiger partial charge in [0.15, 0.2) is 5.78 Å². The SMILES string of the molecule is CNC(Cc1ccccc1)C(=O)N[C@@H](CCCCN)C(C)=O. The van der Waals surface area contributed by atoms with Gasteiger partial charge in [0.1, 0.15) is 0 Å². The van der Waals surface area contributed by atoms with Gasteiger partial charge >= 0.3 is 0 Å². The number of carbonyl (C=O) groups excluding carboxylic acids is 2. The standard InChI is InChI=1S/C17H27N3O2/c1-13(21)15(10-6-7-11-18)20-17(22)16(19-2)12-14-8-4-3-5-9-14/h3-5,8-9,15-16,19H,6-7,10-12,18H2,1-2H3,(H,20,22)/t15-,16?/m0/s1. The molecule has 4 N–H and O–H groups in total. The molecular formula is C17H27N3O2. The summed E-state index contributed by atoms with van der Waals surface area (Å²) in [4.78, 5) is 24.1. The fraction of sp³-hybridized carbons (Fsp3) is 0.529. The number of hydrogen-bond donors (Lipinski definition) is 3. The minimum atomic E-state index is -0.425. The first kappa shape index (κ1) is 18.3. The van der Waals surface area contributed by atoms with Crippen molar-refractivity contribution in [2.24, 2.45) is 5.73 Å². The first-order valence-electron chi connectivity index (χ1n) is 7.80. The van der Waals surface area contributed by atoms with Crippen molar-refractivity contribution in [3.05, 3.63) is 35.9 Å². The van der Waals surface area contributed by atoms with Crippen LogP contribution in [0, 0.1) is 0 Å². The molecule has 1 aromatic carbocycles. The van der Waals surface area contributed by atoms with E-state index in [0.29, 0.717) is 19.4 Å². The second-order valence-corrected chi connectivity index (χ2v) is 5.49. The van der Waals surface area contributed by atoms with E-state index in [1.165, 1.54) is 6.92 Å². The molecule has 0 aliphatic carbocycles. The first-order chi connectivity index (χ1) is 10.6. The van der Waals surface area contributed by atoms with Crippen LogP contribution in [0.4, 0.5) is 0 Å². The maximum atomic E-state index is 12.4. The van der Waals surface area contributed by atoms with Crippen molar-refractivity contribution in [3.8, 4) is 0 Å². The predicted molar refractivity (Wildman–Crippen MR) is 88.5 cm³/mol. The first-order valence-corrected chi connectivity index (χ1v) is 7.80. The van der Waals surface area contributed by atoms with Crippen molar-refractivity contribution in [2.45, 2.75) is 44.7 Å². The zero-order valence-corrected chi connectivity index (χ0v) is 13.5. The average molecular weight is 305 g/mol. The zero-order chi connectivity index (χ0) is 16.4. The predicted octanol–water partition coefficient (Wildman–Crippen LogP) is 1.02. The van der Waals surface area contributed by atoms with Crippen molar-refractivity contribution < 1.29 is 9.59 Å². The Labute approximate surface area is 132 Å². The maximum absolute atomic E-state index is 12.4. The van der Waals surface area contributed by atoms with Gasteiger partial charge in [-0.2, -0.15) is 0 Å². The lowest BCUT2D eigenvalue weighted by molar-refractivity contribution is -0.128. The summed E-state index contributed by atoms with van der Waals surface area (Å²) in [6, 6.07) is 9.05. The van der Waals surface area contributed by atoms with E-state index >= 15 is 0 Å². The van der Waals surface area contributed by atoms with E-state index < -0.39 is 6.04 Å². The molecule has 0 aromatic heterocycles. The number of carbonyl (C=O) groups is 2. The van der Waals surface area contributed by atoms with E-state index in [0.717, 1.165) is 18.4 Å². The van der Waals surface area contributed by atoms with E-state index in [1.54, 1.807) is 7.05 Å². The Kier molecular flexibility index (Phi) is 8.40. The van der Waals surface area contributed by atoms with Crippen molar-refractivity contribution in [1.82, 2.24) is 10.6 Å². The summed E-state index contributed by atoms with van der Waals surface area (Å²) >= 11 is 0. The molecule has 1 amide bonds. The third kappa shape index (κ3) is 6.37. The van der Waals surface area contributed by atoms with Crippen molar-refractivity contribution in [2.75, 3.05) is 13.6 Å². The molecule has 0 radical (unpaired) electrons. The Balaban J connectivity index is 2.59. The van der Waals surface area contributed by atoms with Gasteiger partial charge in [0, 0.05) is 0 Å². The fourth-order valence-corrected chi connectivity index (χ4v) is 2.32. The third-order valence-corrected chi connectivity index (χ3v) is 3.70. The lowest BCUT2D eigenvalue weighted by Gasteiger charge is -2.21. The van der Waals surface area contributed by atoms with Crippen LogP contribution in [-0.2, 0) is 16.0 Å². The van der Waals surface area contributed by atoms with E-state index in [4.69, 9.17) is 5.73 Å². The van der Waals surface area contributed by atoms with Gasteiger partial charge in [0.2, 0.25) is 5.91 Å². The van der Waals surface area contributed by atoms with Crippen molar-refractivity contribution >= 4 is 11.7 Å². The normalized spacial score (nSPS) is 13.4. The maximum Gasteiger partial charge on any atom is 0.238 e. The molecule has 0 heterocycles. The molecule has 0 spiro atoms. The second-order valence-electron chi connectivity index (χ2n) is 5.49. The number of amides is 1. The summed E-state index contributed by atoms with van der Waals surface area (Å²) < 4.78 is 0. The number of unbranched alkanes of at least 4 members (excludes halogenated alkanes) is 1. The van der Waals surface area contributed by atoms with Crippen LogP contribution in [0.15, 0.2) is 30.3 Å². The molecular weight excluding hydrogens is 278 g/mol. The fourth-order valence-electron chi connectivity index (χ4n) is 2.32. The number of Topliss-reactive ketones (excluding diaryl/α,β-unsaturated/α-hetero) is 1. The Morgan fingerprint density at radius 1 is 1.14 bits per heavy atom.